The molecule has 1 aliphatic rings. The van der Waals surface area contributed by atoms with E-state index in [1.807, 2.05) is 12.1 Å². The maximum absolute atomic E-state index is 11.4. The van der Waals surface area contributed by atoms with Gasteiger partial charge in [0.05, 0.1) is 18.8 Å². The molecule has 1 fully saturated rings. The van der Waals surface area contributed by atoms with E-state index in [0.29, 0.717) is 10.4 Å². The second-order valence-corrected chi connectivity index (χ2v) is 5.81. The van der Waals surface area contributed by atoms with Crippen molar-refractivity contribution in [3.05, 3.63) is 29.8 Å². The minimum absolute atomic E-state index is 0.256. The van der Waals surface area contributed by atoms with Gasteiger partial charge in [-0.1, -0.05) is 22.0 Å². The minimum atomic E-state index is -0.329. The third kappa shape index (κ3) is 3.48. The summed E-state index contributed by atoms with van der Waals surface area (Å²) in [5.41, 5.74) is 0.532. The Hall–Kier alpha value is -1.03. The van der Waals surface area contributed by atoms with Crippen molar-refractivity contribution in [1.82, 2.24) is 0 Å². The molecule has 18 heavy (non-hydrogen) atoms. The van der Waals surface area contributed by atoms with Crippen molar-refractivity contribution in [2.75, 3.05) is 7.11 Å². The van der Waals surface area contributed by atoms with Crippen LogP contribution in [-0.2, 0) is 4.74 Å². The summed E-state index contributed by atoms with van der Waals surface area (Å²) in [6, 6.07) is 7.17. The second kappa shape index (κ2) is 6.23. The smallest absolute Gasteiger partial charge is 0.337 e. The number of benzene rings is 1. The summed E-state index contributed by atoms with van der Waals surface area (Å²) in [5, 5.41) is 0. The molecule has 98 valence electrons. The third-order valence-corrected chi connectivity index (χ3v) is 4.08. The molecule has 0 bridgehead atoms. The van der Waals surface area contributed by atoms with Crippen LogP contribution in [0.25, 0.3) is 0 Å². The van der Waals surface area contributed by atoms with Gasteiger partial charge in [0.2, 0.25) is 0 Å². The standard InChI is InChI=1S/C14H17BrO3/c1-17-14(16)10-3-2-4-13(9-10)18-12-7-5-11(15)6-8-12/h2-4,9,11-12H,5-8H2,1H3. The summed E-state index contributed by atoms with van der Waals surface area (Å²) in [6.45, 7) is 0. The maximum atomic E-state index is 11.4. The molecule has 2 rings (SSSR count). The summed E-state index contributed by atoms with van der Waals surface area (Å²) in [6.07, 6.45) is 4.64. The largest absolute Gasteiger partial charge is 0.490 e. The van der Waals surface area contributed by atoms with Gasteiger partial charge in [-0.05, 0) is 43.9 Å². The van der Waals surface area contributed by atoms with Crippen molar-refractivity contribution in [2.45, 2.75) is 36.6 Å². The molecule has 0 N–H and O–H groups in total. The van der Waals surface area contributed by atoms with Crippen molar-refractivity contribution in [1.29, 1.82) is 0 Å². The Morgan fingerprint density at radius 2 is 2.00 bits per heavy atom. The van der Waals surface area contributed by atoms with E-state index in [4.69, 9.17) is 9.47 Å². The Morgan fingerprint density at radius 3 is 2.67 bits per heavy atom. The molecular weight excluding hydrogens is 296 g/mol. The van der Waals surface area contributed by atoms with Gasteiger partial charge in [-0.15, -0.1) is 0 Å². The lowest BCUT2D eigenvalue weighted by molar-refractivity contribution is 0.0599. The van der Waals surface area contributed by atoms with Gasteiger partial charge >= 0.3 is 5.97 Å². The highest BCUT2D eigenvalue weighted by Gasteiger charge is 2.20. The monoisotopic (exact) mass is 312 g/mol. The van der Waals surface area contributed by atoms with Gasteiger partial charge in [0.25, 0.3) is 0 Å². The number of hydrogen-bond acceptors (Lipinski definition) is 3. The fourth-order valence-electron chi connectivity index (χ4n) is 2.15. The Kier molecular flexibility index (Phi) is 4.64. The van der Waals surface area contributed by atoms with E-state index in [-0.39, 0.29) is 12.1 Å². The average Bonchev–Trinajstić information content (AvgIpc) is 2.41. The van der Waals surface area contributed by atoms with Crippen LogP contribution in [0.4, 0.5) is 0 Å². The number of rotatable bonds is 3. The number of carbonyl (C=O) groups is 1. The number of methoxy groups -OCH3 is 1. The average molecular weight is 313 g/mol. The first-order chi connectivity index (χ1) is 8.69. The van der Waals surface area contributed by atoms with E-state index in [1.165, 1.54) is 7.11 Å². The Labute approximate surface area is 116 Å². The molecule has 0 radical (unpaired) electrons. The highest BCUT2D eigenvalue weighted by molar-refractivity contribution is 9.09. The minimum Gasteiger partial charge on any atom is -0.490 e. The quantitative estimate of drug-likeness (QED) is 0.632. The zero-order valence-electron chi connectivity index (χ0n) is 10.4. The summed E-state index contributed by atoms with van der Waals surface area (Å²) in [4.78, 5) is 12.0. The van der Waals surface area contributed by atoms with Crippen molar-refractivity contribution in [2.24, 2.45) is 0 Å². The molecule has 0 amide bonds. The topological polar surface area (TPSA) is 35.5 Å². The first kappa shape index (κ1) is 13.4. The van der Waals surface area contributed by atoms with Crippen molar-refractivity contribution >= 4 is 21.9 Å². The highest BCUT2D eigenvalue weighted by atomic mass is 79.9. The number of ether oxygens (including phenoxy) is 2. The van der Waals surface area contributed by atoms with Crippen molar-refractivity contribution in [3.8, 4) is 5.75 Å². The van der Waals surface area contributed by atoms with Crippen LogP contribution in [0.2, 0.25) is 0 Å². The Balaban J connectivity index is 1.99. The van der Waals surface area contributed by atoms with Crippen LogP contribution in [0.1, 0.15) is 36.0 Å². The fraction of sp³-hybridized carbons (Fsp3) is 0.500. The van der Waals surface area contributed by atoms with Crippen LogP contribution in [-0.4, -0.2) is 24.0 Å². The van der Waals surface area contributed by atoms with Crippen LogP contribution in [0, 0.1) is 0 Å². The molecule has 0 atom stereocenters. The normalized spacial score (nSPS) is 23.4. The molecule has 0 unspecified atom stereocenters. The highest BCUT2D eigenvalue weighted by Crippen LogP contribution is 2.27. The van der Waals surface area contributed by atoms with Crippen molar-refractivity contribution in [3.63, 3.8) is 0 Å². The van der Waals surface area contributed by atoms with E-state index >= 15 is 0 Å². The molecule has 0 aliphatic heterocycles. The lowest BCUT2D eigenvalue weighted by atomic mass is 9.97. The molecule has 0 spiro atoms. The molecule has 3 nitrogen and oxygen atoms in total. The summed E-state index contributed by atoms with van der Waals surface area (Å²) < 4.78 is 10.6. The molecule has 1 aliphatic carbocycles. The number of hydrogen-bond donors (Lipinski definition) is 0. The molecule has 1 saturated carbocycles. The maximum Gasteiger partial charge on any atom is 0.337 e. The van der Waals surface area contributed by atoms with Gasteiger partial charge in [0.15, 0.2) is 0 Å². The van der Waals surface area contributed by atoms with Gasteiger partial charge in [-0.2, -0.15) is 0 Å². The number of halogens is 1. The van der Waals surface area contributed by atoms with Gasteiger partial charge in [0.1, 0.15) is 5.75 Å². The van der Waals surface area contributed by atoms with E-state index in [9.17, 15) is 4.79 Å². The SMILES string of the molecule is COC(=O)c1cccc(OC2CCC(Br)CC2)c1. The number of carbonyl (C=O) groups excluding carboxylic acids is 1. The lowest BCUT2D eigenvalue weighted by Crippen LogP contribution is -2.24. The first-order valence-electron chi connectivity index (χ1n) is 6.18. The third-order valence-electron chi connectivity index (χ3n) is 3.16. The zero-order valence-corrected chi connectivity index (χ0v) is 12.0. The lowest BCUT2D eigenvalue weighted by Gasteiger charge is -2.26. The van der Waals surface area contributed by atoms with E-state index in [2.05, 4.69) is 15.9 Å². The van der Waals surface area contributed by atoms with Crippen LogP contribution < -0.4 is 4.74 Å². The number of esters is 1. The molecule has 1 aromatic rings. The predicted octanol–water partition coefficient (Wildman–Crippen LogP) is 3.56. The van der Waals surface area contributed by atoms with Crippen LogP contribution in [0.15, 0.2) is 24.3 Å². The molecule has 0 heterocycles. The fourth-order valence-corrected chi connectivity index (χ4v) is 2.68. The molecule has 1 aromatic carbocycles. The molecule has 0 saturated heterocycles. The Bertz CT molecular complexity index is 411. The van der Waals surface area contributed by atoms with Crippen LogP contribution in [0.3, 0.4) is 0 Å². The van der Waals surface area contributed by atoms with Gasteiger partial charge in [-0.25, -0.2) is 4.79 Å². The summed E-state index contributed by atoms with van der Waals surface area (Å²) in [7, 11) is 1.38. The second-order valence-electron chi connectivity index (χ2n) is 4.51. The van der Waals surface area contributed by atoms with E-state index < -0.39 is 0 Å². The summed E-state index contributed by atoms with van der Waals surface area (Å²) >= 11 is 3.62. The number of alkyl halides is 1. The van der Waals surface area contributed by atoms with E-state index in [1.54, 1.807) is 12.1 Å². The van der Waals surface area contributed by atoms with Crippen molar-refractivity contribution < 1.29 is 14.3 Å². The van der Waals surface area contributed by atoms with Crippen LogP contribution >= 0.6 is 15.9 Å². The van der Waals surface area contributed by atoms with Gasteiger partial charge in [-0.3, -0.25) is 0 Å². The van der Waals surface area contributed by atoms with E-state index in [0.717, 1.165) is 31.4 Å². The first-order valence-corrected chi connectivity index (χ1v) is 7.09. The molecule has 4 heteroatoms. The molecule has 0 aromatic heterocycles. The van der Waals surface area contributed by atoms with Gasteiger partial charge in [0, 0.05) is 4.83 Å². The van der Waals surface area contributed by atoms with Gasteiger partial charge < -0.3 is 9.47 Å². The Morgan fingerprint density at radius 1 is 1.28 bits per heavy atom. The molecular formula is C14H17BrO3. The summed E-state index contributed by atoms with van der Waals surface area (Å²) in [5.74, 6) is 0.417. The predicted molar refractivity (Wildman–Crippen MR) is 73.4 cm³/mol. The zero-order chi connectivity index (χ0) is 13.0. The van der Waals surface area contributed by atoms with Crippen LogP contribution in [0.5, 0.6) is 5.75 Å².